The molecule has 4 nitrogen and oxygen atoms in total. The molecule has 71 heavy (non-hydrogen) atoms. The zero-order valence-electron chi connectivity index (χ0n) is 46.2. The summed E-state index contributed by atoms with van der Waals surface area (Å²) in [6, 6.07) is -0.675. The molecular weight excluding hydrogens is 867 g/mol. The van der Waals surface area contributed by atoms with Gasteiger partial charge in [-0.15, -0.1) is 0 Å². The lowest BCUT2D eigenvalue weighted by atomic mass is 10.0. The quantitative estimate of drug-likeness (QED) is 0.0420. The number of hydrogen-bond acceptors (Lipinski definition) is 3. The Morgan fingerprint density at radius 3 is 0.986 bits per heavy atom. The van der Waals surface area contributed by atoms with Crippen LogP contribution < -0.4 is 5.32 Å². The van der Waals surface area contributed by atoms with Gasteiger partial charge in [-0.05, 0) is 109 Å². The zero-order valence-corrected chi connectivity index (χ0v) is 46.2. The van der Waals surface area contributed by atoms with Crippen LogP contribution in [-0.2, 0) is 4.79 Å². The SMILES string of the molecule is CC/C=C\C/C=C\C/C=C\C/C=C\C/C=C\C/C=C\C/C=C\C/C=C\C/C=C\C/C=C\CCCCC(=O)NC(CO)C(O)/C=C/CC/C=C/CCCCCCCCCCCCCCCCCCCCCC. The van der Waals surface area contributed by atoms with Crippen molar-refractivity contribution in [3.63, 3.8) is 0 Å². The second-order valence-corrected chi connectivity index (χ2v) is 19.3. The van der Waals surface area contributed by atoms with Crippen molar-refractivity contribution >= 4 is 5.91 Å². The molecule has 0 aromatic rings. The Labute approximate surface area is 440 Å². The molecule has 0 aromatic carbocycles. The minimum atomic E-state index is -0.893. The van der Waals surface area contributed by atoms with Crippen molar-refractivity contribution < 1.29 is 15.0 Å². The normalized spacial score (nSPS) is 13.9. The first-order valence-electron chi connectivity index (χ1n) is 29.5. The standard InChI is InChI=1S/C67H111NO3/c1-3-5-7-9-11-13-15-17-19-21-23-25-27-29-31-32-33-34-35-36-37-39-41-43-45-47-49-51-53-55-57-59-61-63-67(71)68-65(64-69)66(70)62-60-58-56-54-52-50-48-46-44-42-40-38-30-28-26-24-22-20-18-16-14-12-10-8-6-4-2/h5,7,11,13,17,19,23,25,29,31,33-34,36-37,41,43,47,49,52-55,60,62,65-66,69-70H,3-4,6,8-10,12,14-16,18,20-22,24,26-28,30,32,35,38-40,42,44-46,48,50-51,56-59,61,63-64H2,1-2H3,(H,68,71)/b7-5-,13-11-,19-17-,25-23-,31-29-,34-33-,37-36-,43-41-,49-47-,54-52+,55-53-,62-60+. The van der Waals surface area contributed by atoms with Crippen LogP contribution in [0.2, 0.25) is 0 Å². The second-order valence-electron chi connectivity index (χ2n) is 19.3. The van der Waals surface area contributed by atoms with Crippen molar-refractivity contribution in [3.05, 3.63) is 146 Å². The van der Waals surface area contributed by atoms with E-state index in [-0.39, 0.29) is 12.5 Å². The van der Waals surface area contributed by atoms with Gasteiger partial charge in [0.25, 0.3) is 0 Å². The predicted octanol–water partition coefficient (Wildman–Crippen LogP) is 20.0. The van der Waals surface area contributed by atoms with Crippen molar-refractivity contribution in [2.75, 3.05) is 6.61 Å². The molecule has 4 heteroatoms. The molecule has 1 amide bonds. The number of carbonyl (C=O) groups is 1. The lowest BCUT2D eigenvalue weighted by molar-refractivity contribution is -0.123. The van der Waals surface area contributed by atoms with Gasteiger partial charge in [-0.2, -0.15) is 0 Å². The first-order chi connectivity index (χ1) is 35.2. The number of rotatable bonds is 52. The molecule has 0 spiro atoms. The maximum Gasteiger partial charge on any atom is 0.220 e. The van der Waals surface area contributed by atoms with Crippen LogP contribution in [0.5, 0.6) is 0 Å². The maximum atomic E-state index is 12.5. The summed E-state index contributed by atoms with van der Waals surface area (Å²) in [7, 11) is 0. The summed E-state index contributed by atoms with van der Waals surface area (Å²) in [5, 5.41) is 23.1. The first kappa shape index (κ1) is 67.3. The number of aliphatic hydroxyl groups is 2. The minimum Gasteiger partial charge on any atom is -0.394 e. The minimum absolute atomic E-state index is 0.121. The number of nitrogens with one attached hydrogen (secondary N) is 1. The number of hydrogen-bond donors (Lipinski definition) is 3. The van der Waals surface area contributed by atoms with Crippen LogP contribution in [0.25, 0.3) is 0 Å². The zero-order chi connectivity index (χ0) is 51.3. The Balaban J connectivity index is 3.71. The van der Waals surface area contributed by atoms with Crippen LogP contribution in [0.1, 0.15) is 251 Å². The molecular formula is C67H111NO3. The Bertz CT molecular complexity index is 1480. The molecule has 2 unspecified atom stereocenters. The highest BCUT2D eigenvalue weighted by Crippen LogP contribution is 2.15. The van der Waals surface area contributed by atoms with E-state index in [1.165, 1.54) is 128 Å². The Hall–Kier alpha value is -3.73. The predicted molar refractivity (Wildman–Crippen MR) is 317 cm³/mol. The van der Waals surface area contributed by atoms with Crippen LogP contribution in [0.15, 0.2) is 146 Å². The molecule has 2 atom stereocenters. The van der Waals surface area contributed by atoms with E-state index in [4.69, 9.17) is 0 Å². The van der Waals surface area contributed by atoms with Crippen molar-refractivity contribution in [3.8, 4) is 0 Å². The molecule has 0 aliphatic carbocycles. The Morgan fingerprint density at radius 2 is 0.634 bits per heavy atom. The summed E-state index contributed by atoms with van der Waals surface area (Å²) < 4.78 is 0. The third kappa shape index (κ3) is 57.0. The average molecular weight is 979 g/mol. The molecule has 3 N–H and O–H groups in total. The van der Waals surface area contributed by atoms with Gasteiger partial charge in [0.05, 0.1) is 18.8 Å². The summed E-state index contributed by atoms with van der Waals surface area (Å²) >= 11 is 0. The number of unbranched alkanes of at least 4 members (excludes halogenated alkanes) is 23. The molecule has 0 aliphatic rings. The van der Waals surface area contributed by atoms with E-state index < -0.39 is 12.1 Å². The van der Waals surface area contributed by atoms with E-state index in [1.807, 2.05) is 6.08 Å². The fraction of sp³-hybridized carbons (Fsp3) is 0.627. The van der Waals surface area contributed by atoms with Gasteiger partial charge in [-0.1, -0.05) is 282 Å². The molecule has 402 valence electrons. The van der Waals surface area contributed by atoms with Gasteiger partial charge < -0.3 is 15.5 Å². The first-order valence-corrected chi connectivity index (χ1v) is 29.5. The third-order valence-corrected chi connectivity index (χ3v) is 12.6. The molecule has 0 aromatic heterocycles. The lowest BCUT2D eigenvalue weighted by Crippen LogP contribution is -2.45. The van der Waals surface area contributed by atoms with E-state index >= 15 is 0 Å². The van der Waals surface area contributed by atoms with E-state index in [9.17, 15) is 15.0 Å². The van der Waals surface area contributed by atoms with Gasteiger partial charge in [-0.3, -0.25) is 4.79 Å². The van der Waals surface area contributed by atoms with Gasteiger partial charge in [-0.25, -0.2) is 0 Å². The highest BCUT2D eigenvalue weighted by Gasteiger charge is 2.17. The molecule has 0 rings (SSSR count). The fourth-order valence-corrected chi connectivity index (χ4v) is 8.10. The van der Waals surface area contributed by atoms with E-state index in [2.05, 4.69) is 153 Å². The molecule has 0 radical (unpaired) electrons. The van der Waals surface area contributed by atoms with E-state index in [0.29, 0.717) is 6.42 Å². The summed E-state index contributed by atoms with van der Waals surface area (Å²) in [4.78, 5) is 12.5. The Morgan fingerprint density at radius 1 is 0.352 bits per heavy atom. The number of amides is 1. The van der Waals surface area contributed by atoms with Crippen molar-refractivity contribution in [1.82, 2.24) is 5.32 Å². The summed E-state index contributed by atoms with van der Waals surface area (Å²) in [6.45, 7) is 4.17. The second kappa shape index (κ2) is 60.6. The third-order valence-electron chi connectivity index (χ3n) is 12.6. The topological polar surface area (TPSA) is 69.6 Å². The molecule has 0 saturated heterocycles. The van der Waals surface area contributed by atoms with E-state index in [0.717, 1.165) is 103 Å². The lowest BCUT2D eigenvalue weighted by Gasteiger charge is -2.19. The highest BCUT2D eigenvalue weighted by molar-refractivity contribution is 5.76. The van der Waals surface area contributed by atoms with Crippen molar-refractivity contribution in [1.29, 1.82) is 0 Å². The van der Waals surface area contributed by atoms with Crippen molar-refractivity contribution in [2.45, 2.75) is 264 Å². The van der Waals surface area contributed by atoms with Crippen LogP contribution >= 0.6 is 0 Å². The number of aliphatic hydroxyl groups excluding tert-OH is 2. The Kier molecular flexibility index (Phi) is 57.4. The summed E-state index contributed by atoms with van der Waals surface area (Å²) in [5.74, 6) is -0.121. The number of allylic oxidation sites excluding steroid dienone is 23. The van der Waals surface area contributed by atoms with E-state index in [1.54, 1.807) is 6.08 Å². The van der Waals surface area contributed by atoms with Crippen LogP contribution in [-0.4, -0.2) is 34.9 Å². The summed E-state index contributed by atoms with van der Waals surface area (Å²) in [5.41, 5.74) is 0. The molecule has 0 bridgehead atoms. The van der Waals surface area contributed by atoms with Crippen LogP contribution in [0.4, 0.5) is 0 Å². The highest BCUT2D eigenvalue weighted by atomic mass is 16.3. The van der Waals surface area contributed by atoms with Gasteiger partial charge in [0.1, 0.15) is 0 Å². The van der Waals surface area contributed by atoms with Crippen LogP contribution in [0, 0.1) is 0 Å². The van der Waals surface area contributed by atoms with Crippen molar-refractivity contribution in [2.24, 2.45) is 0 Å². The van der Waals surface area contributed by atoms with Gasteiger partial charge in [0.2, 0.25) is 5.91 Å². The maximum absolute atomic E-state index is 12.5. The fourth-order valence-electron chi connectivity index (χ4n) is 8.10. The molecule has 0 saturated carbocycles. The van der Waals surface area contributed by atoms with Gasteiger partial charge in [0.15, 0.2) is 0 Å². The molecule has 0 heterocycles. The van der Waals surface area contributed by atoms with Crippen LogP contribution in [0.3, 0.4) is 0 Å². The number of carbonyl (C=O) groups excluding carboxylic acids is 1. The molecule has 0 fully saturated rings. The average Bonchev–Trinajstić information content (AvgIpc) is 3.37. The monoisotopic (exact) mass is 978 g/mol. The largest absolute Gasteiger partial charge is 0.394 e. The summed E-state index contributed by atoms with van der Waals surface area (Å²) in [6.07, 6.45) is 95.9. The van der Waals surface area contributed by atoms with Gasteiger partial charge in [0, 0.05) is 6.42 Å². The molecule has 0 aliphatic heterocycles. The smallest absolute Gasteiger partial charge is 0.220 e. The van der Waals surface area contributed by atoms with Gasteiger partial charge >= 0.3 is 0 Å².